The summed E-state index contributed by atoms with van der Waals surface area (Å²) in [6, 6.07) is -0.486. The van der Waals surface area contributed by atoms with Gasteiger partial charge in [-0.25, -0.2) is 13.6 Å². The molecule has 2 N–H and O–H groups in total. The van der Waals surface area contributed by atoms with Gasteiger partial charge in [0.1, 0.15) is 5.82 Å². The Kier molecular flexibility index (Phi) is 5.04. The molecule has 0 radical (unpaired) electrons. The van der Waals surface area contributed by atoms with Crippen LogP contribution in [-0.4, -0.2) is 18.7 Å². The summed E-state index contributed by atoms with van der Waals surface area (Å²) in [6.45, 7) is 1.25. The fraction of sp³-hybridized carbons (Fsp3) is 0.417. The third-order valence-electron chi connectivity index (χ3n) is 2.51. The fourth-order valence-electron chi connectivity index (χ4n) is 1.59. The van der Waals surface area contributed by atoms with Gasteiger partial charge in [0.05, 0.1) is 18.2 Å². The van der Waals surface area contributed by atoms with Crippen LogP contribution in [0.25, 0.3) is 0 Å². The van der Waals surface area contributed by atoms with Gasteiger partial charge < -0.3 is 10.5 Å². The molecule has 1 rings (SSSR count). The van der Waals surface area contributed by atoms with Crippen LogP contribution in [0, 0.1) is 5.82 Å². The first-order chi connectivity index (χ1) is 9.18. The first-order valence-corrected chi connectivity index (χ1v) is 5.61. The molecule has 0 fully saturated rings. The van der Waals surface area contributed by atoms with Crippen molar-refractivity contribution in [2.75, 3.05) is 6.61 Å². The Labute approximate surface area is 111 Å². The molecular weight excluding hydrogens is 285 g/mol. The van der Waals surface area contributed by atoms with Gasteiger partial charge in [-0.3, -0.25) is 0 Å². The van der Waals surface area contributed by atoms with E-state index in [0.717, 1.165) is 0 Å². The molecule has 8 heteroatoms. The minimum atomic E-state index is -4.84. The minimum absolute atomic E-state index is 0.152. The van der Waals surface area contributed by atoms with E-state index >= 15 is 0 Å². The highest BCUT2D eigenvalue weighted by atomic mass is 19.4. The number of ether oxygens (including phenoxy) is 1. The van der Waals surface area contributed by atoms with Gasteiger partial charge in [0.15, 0.2) is 0 Å². The maximum absolute atomic E-state index is 13.7. The van der Waals surface area contributed by atoms with Gasteiger partial charge in [0.2, 0.25) is 6.17 Å². The summed E-state index contributed by atoms with van der Waals surface area (Å²) in [5.41, 5.74) is 3.17. The molecule has 3 nitrogen and oxygen atoms in total. The summed E-state index contributed by atoms with van der Waals surface area (Å²) in [6.07, 6.45) is -7.35. The molecule has 0 aliphatic carbocycles. The van der Waals surface area contributed by atoms with Crippen LogP contribution < -0.4 is 5.73 Å². The van der Waals surface area contributed by atoms with Crippen molar-refractivity contribution in [3.8, 4) is 0 Å². The Morgan fingerprint density at radius 3 is 2.50 bits per heavy atom. The molecule has 0 amide bonds. The summed E-state index contributed by atoms with van der Waals surface area (Å²) in [7, 11) is 0. The Morgan fingerprint density at radius 2 is 2.00 bits per heavy atom. The van der Waals surface area contributed by atoms with E-state index in [2.05, 4.69) is 4.74 Å². The number of carbonyl (C=O) groups is 1. The van der Waals surface area contributed by atoms with Crippen molar-refractivity contribution in [2.24, 2.45) is 5.73 Å². The quantitative estimate of drug-likeness (QED) is 0.687. The van der Waals surface area contributed by atoms with Crippen LogP contribution in [0.5, 0.6) is 0 Å². The van der Waals surface area contributed by atoms with E-state index in [9.17, 15) is 26.7 Å². The zero-order chi connectivity index (χ0) is 15.5. The van der Waals surface area contributed by atoms with Gasteiger partial charge in [0.25, 0.3) is 0 Å². The normalized spacial score (nSPS) is 14.8. The predicted molar refractivity (Wildman–Crippen MR) is 59.9 cm³/mol. The van der Waals surface area contributed by atoms with E-state index in [1.54, 1.807) is 0 Å². The van der Waals surface area contributed by atoms with Crippen molar-refractivity contribution in [1.29, 1.82) is 0 Å². The number of hydrogen-bond acceptors (Lipinski definition) is 3. The maximum atomic E-state index is 13.7. The van der Waals surface area contributed by atoms with E-state index in [4.69, 9.17) is 5.73 Å². The second kappa shape index (κ2) is 6.17. The molecule has 0 saturated heterocycles. The molecule has 1 aromatic rings. The van der Waals surface area contributed by atoms with Crippen LogP contribution in [0.3, 0.4) is 0 Å². The second-order valence-electron chi connectivity index (χ2n) is 3.91. The van der Waals surface area contributed by atoms with Crippen molar-refractivity contribution in [3.63, 3.8) is 0 Å². The summed E-state index contributed by atoms with van der Waals surface area (Å²) < 4.78 is 69.3. The molecule has 0 spiro atoms. The molecule has 0 aliphatic heterocycles. The van der Waals surface area contributed by atoms with Gasteiger partial charge in [-0.1, -0.05) is 0 Å². The summed E-state index contributed by atoms with van der Waals surface area (Å²) in [5.74, 6) is -2.41. The number of nitrogens with two attached hydrogens (primary N) is 1. The molecular formula is C12H12F5NO2. The summed E-state index contributed by atoms with van der Waals surface area (Å²) in [4.78, 5) is 11.2. The predicted octanol–water partition coefficient (Wildman–Crippen LogP) is 2.75. The molecule has 0 aliphatic rings. The van der Waals surface area contributed by atoms with Crippen molar-refractivity contribution in [3.05, 3.63) is 35.1 Å². The number of benzene rings is 1. The standard InChI is InChI=1S/C12H12F5NO2/c1-2-20-11(19)9(14)10(18)7-5-6(13)3-4-8(7)12(15,16)17/h3-5,9-10H,2,18H2,1H3/t9?,10-/m0/s1. The van der Waals surface area contributed by atoms with Crippen molar-refractivity contribution < 1.29 is 31.5 Å². The zero-order valence-corrected chi connectivity index (χ0v) is 10.4. The van der Waals surface area contributed by atoms with E-state index in [1.165, 1.54) is 6.92 Å². The fourth-order valence-corrected chi connectivity index (χ4v) is 1.59. The number of rotatable bonds is 4. The smallest absolute Gasteiger partial charge is 0.416 e. The topological polar surface area (TPSA) is 52.3 Å². The highest BCUT2D eigenvalue weighted by Gasteiger charge is 2.38. The molecule has 1 unspecified atom stereocenters. The molecule has 0 aromatic heterocycles. The van der Waals surface area contributed by atoms with Gasteiger partial charge in [-0.05, 0) is 30.7 Å². The molecule has 112 valence electrons. The van der Waals surface area contributed by atoms with Gasteiger partial charge in [0, 0.05) is 0 Å². The lowest BCUT2D eigenvalue weighted by atomic mass is 9.97. The average Bonchev–Trinajstić information content (AvgIpc) is 2.35. The molecule has 0 heterocycles. The first kappa shape index (κ1) is 16.4. The van der Waals surface area contributed by atoms with Crippen LogP contribution in [0.2, 0.25) is 0 Å². The number of carbonyl (C=O) groups excluding carboxylic acids is 1. The highest BCUT2D eigenvalue weighted by Crippen LogP contribution is 2.35. The summed E-state index contributed by atoms with van der Waals surface area (Å²) in [5, 5.41) is 0. The van der Waals surface area contributed by atoms with E-state index in [0.29, 0.717) is 18.2 Å². The number of alkyl halides is 4. The van der Waals surface area contributed by atoms with Gasteiger partial charge in [-0.15, -0.1) is 0 Å². The first-order valence-electron chi connectivity index (χ1n) is 5.61. The maximum Gasteiger partial charge on any atom is 0.416 e. The van der Waals surface area contributed by atoms with Gasteiger partial charge in [-0.2, -0.15) is 13.2 Å². The van der Waals surface area contributed by atoms with Gasteiger partial charge >= 0.3 is 12.1 Å². The lowest BCUT2D eigenvalue weighted by Crippen LogP contribution is -2.33. The third kappa shape index (κ3) is 3.66. The molecule has 0 saturated carbocycles. The average molecular weight is 297 g/mol. The Hall–Kier alpha value is -1.70. The zero-order valence-electron chi connectivity index (χ0n) is 10.4. The van der Waals surface area contributed by atoms with Crippen LogP contribution in [0.1, 0.15) is 24.1 Å². The number of halogens is 5. The highest BCUT2D eigenvalue weighted by molar-refractivity contribution is 5.75. The lowest BCUT2D eigenvalue weighted by molar-refractivity contribution is -0.150. The Bertz CT molecular complexity index is 489. The second-order valence-corrected chi connectivity index (χ2v) is 3.91. The molecule has 20 heavy (non-hydrogen) atoms. The SMILES string of the molecule is CCOC(=O)C(F)[C@@H](N)c1cc(F)ccc1C(F)(F)F. The van der Waals surface area contributed by atoms with Crippen LogP contribution in [0.4, 0.5) is 22.0 Å². The molecule has 2 atom stereocenters. The van der Waals surface area contributed by atoms with Crippen LogP contribution in [0.15, 0.2) is 18.2 Å². The van der Waals surface area contributed by atoms with E-state index < -0.39 is 41.3 Å². The minimum Gasteiger partial charge on any atom is -0.464 e. The lowest BCUT2D eigenvalue weighted by Gasteiger charge is -2.20. The van der Waals surface area contributed by atoms with Crippen LogP contribution in [-0.2, 0) is 15.7 Å². The third-order valence-corrected chi connectivity index (χ3v) is 2.51. The largest absolute Gasteiger partial charge is 0.464 e. The van der Waals surface area contributed by atoms with Crippen molar-refractivity contribution in [2.45, 2.75) is 25.3 Å². The molecule has 1 aromatic carbocycles. The molecule has 0 bridgehead atoms. The van der Waals surface area contributed by atoms with Crippen LogP contribution >= 0.6 is 0 Å². The van der Waals surface area contributed by atoms with Crippen molar-refractivity contribution in [1.82, 2.24) is 0 Å². The number of esters is 1. The Balaban J connectivity index is 3.17. The van der Waals surface area contributed by atoms with Crippen molar-refractivity contribution >= 4 is 5.97 Å². The summed E-state index contributed by atoms with van der Waals surface area (Å²) >= 11 is 0. The Morgan fingerprint density at radius 1 is 1.40 bits per heavy atom. The van der Waals surface area contributed by atoms with E-state index in [1.807, 2.05) is 0 Å². The van der Waals surface area contributed by atoms with E-state index in [-0.39, 0.29) is 6.61 Å². The monoisotopic (exact) mass is 297 g/mol. The number of hydrogen-bond donors (Lipinski definition) is 1.